The zero-order valence-corrected chi connectivity index (χ0v) is 9.79. The van der Waals surface area contributed by atoms with Gasteiger partial charge in [0.2, 0.25) is 5.78 Å². The molecule has 0 radical (unpaired) electrons. The molecule has 1 aromatic carbocycles. The molecule has 0 atom stereocenters. The van der Waals surface area contributed by atoms with Crippen molar-refractivity contribution in [3.05, 3.63) is 58.8 Å². The smallest absolute Gasteiger partial charge is 0.228 e. The molecular weight excluding hydrogens is 219 g/mol. The number of rotatable bonds is 3. The van der Waals surface area contributed by atoms with Crippen molar-refractivity contribution in [2.45, 2.75) is 20.3 Å². The Labute approximate surface area is 99.1 Å². The van der Waals surface area contributed by atoms with Gasteiger partial charge in [-0.25, -0.2) is 4.39 Å². The van der Waals surface area contributed by atoms with Crippen LogP contribution in [0.1, 0.15) is 34.4 Å². The summed E-state index contributed by atoms with van der Waals surface area (Å²) in [6, 6.07) is 7.82. The maximum absolute atomic E-state index is 13.3. The molecule has 2 rings (SSSR count). The van der Waals surface area contributed by atoms with Gasteiger partial charge in [0.15, 0.2) is 5.76 Å². The Morgan fingerprint density at radius 3 is 2.65 bits per heavy atom. The lowest BCUT2D eigenvalue weighted by atomic mass is 10.1. The topological polar surface area (TPSA) is 30.2 Å². The van der Waals surface area contributed by atoms with Crippen LogP contribution in [-0.2, 0) is 6.42 Å². The first kappa shape index (κ1) is 11.6. The number of hydrogen-bond donors (Lipinski definition) is 0. The predicted molar refractivity (Wildman–Crippen MR) is 62.7 cm³/mol. The molecule has 0 saturated carbocycles. The molecule has 17 heavy (non-hydrogen) atoms. The van der Waals surface area contributed by atoms with Crippen molar-refractivity contribution in [2.24, 2.45) is 0 Å². The molecule has 0 aliphatic carbocycles. The van der Waals surface area contributed by atoms with Crippen LogP contribution in [0.3, 0.4) is 0 Å². The fraction of sp³-hybridized carbons (Fsp3) is 0.214. The zero-order chi connectivity index (χ0) is 12.4. The van der Waals surface area contributed by atoms with E-state index < -0.39 is 0 Å². The number of furan rings is 1. The molecule has 0 N–H and O–H groups in total. The molecular formula is C14H13FO2. The standard InChI is InChI=1S/C14H13FO2/c1-3-11-6-7-13(17-11)14(16)10-5-4-9(2)12(15)8-10/h4-8H,3H2,1-2H3. The number of carbonyl (C=O) groups is 1. The average molecular weight is 232 g/mol. The van der Waals surface area contributed by atoms with Crippen LogP contribution < -0.4 is 0 Å². The minimum Gasteiger partial charge on any atom is -0.458 e. The molecule has 2 aromatic rings. The van der Waals surface area contributed by atoms with Gasteiger partial charge in [-0.15, -0.1) is 0 Å². The second kappa shape index (κ2) is 4.53. The Balaban J connectivity index is 2.33. The molecule has 1 aromatic heterocycles. The summed E-state index contributed by atoms with van der Waals surface area (Å²) in [6.07, 6.45) is 0.732. The molecule has 0 saturated heterocycles. The van der Waals surface area contributed by atoms with E-state index in [4.69, 9.17) is 4.42 Å². The van der Waals surface area contributed by atoms with Gasteiger partial charge in [0.05, 0.1) is 0 Å². The maximum Gasteiger partial charge on any atom is 0.228 e. The normalized spacial score (nSPS) is 10.5. The van der Waals surface area contributed by atoms with Crippen LogP contribution in [-0.4, -0.2) is 5.78 Å². The molecule has 1 heterocycles. The first-order valence-corrected chi connectivity index (χ1v) is 5.51. The van der Waals surface area contributed by atoms with Crippen LogP contribution in [0.5, 0.6) is 0 Å². The van der Waals surface area contributed by atoms with E-state index in [0.29, 0.717) is 11.1 Å². The van der Waals surface area contributed by atoms with Crippen molar-refractivity contribution in [1.29, 1.82) is 0 Å². The highest BCUT2D eigenvalue weighted by Crippen LogP contribution is 2.16. The number of benzene rings is 1. The third-order valence-corrected chi connectivity index (χ3v) is 2.67. The number of aryl methyl sites for hydroxylation is 2. The van der Waals surface area contributed by atoms with Gasteiger partial charge >= 0.3 is 0 Å². The zero-order valence-electron chi connectivity index (χ0n) is 9.79. The Kier molecular flexibility index (Phi) is 3.09. The lowest BCUT2D eigenvalue weighted by Crippen LogP contribution is -2.00. The summed E-state index contributed by atoms with van der Waals surface area (Å²) in [5, 5.41) is 0. The van der Waals surface area contributed by atoms with Crippen molar-refractivity contribution in [3.8, 4) is 0 Å². The Bertz CT molecular complexity index is 555. The number of ketones is 1. The Hall–Kier alpha value is -1.90. The fourth-order valence-corrected chi connectivity index (χ4v) is 1.57. The summed E-state index contributed by atoms with van der Waals surface area (Å²) in [7, 11) is 0. The van der Waals surface area contributed by atoms with E-state index in [1.54, 1.807) is 31.2 Å². The van der Waals surface area contributed by atoms with E-state index in [1.165, 1.54) is 6.07 Å². The highest BCUT2D eigenvalue weighted by atomic mass is 19.1. The summed E-state index contributed by atoms with van der Waals surface area (Å²) in [5.41, 5.74) is 0.834. The van der Waals surface area contributed by atoms with E-state index in [0.717, 1.165) is 12.2 Å². The van der Waals surface area contributed by atoms with E-state index in [1.807, 2.05) is 6.92 Å². The molecule has 0 unspecified atom stereocenters. The summed E-state index contributed by atoms with van der Waals surface area (Å²) in [4.78, 5) is 12.0. The third-order valence-electron chi connectivity index (χ3n) is 2.67. The van der Waals surface area contributed by atoms with Crippen molar-refractivity contribution in [2.75, 3.05) is 0 Å². The second-order valence-electron chi connectivity index (χ2n) is 3.91. The van der Waals surface area contributed by atoms with Gasteiger partial charge in [-0.05, 0) is 30.7 Å². The maximum atomic E-state index is 13.3. The van der Waals surface area contributed by atoms with E-state index in [9.17, 15) is 9.18 Å². The van der Waals surface area contributed by atoms with Gasteiger partial charge in [0.1, 0.15) is 11.6 Å². The SMILES string of the molecule is CCc1ccc(C(=O)c2ccc(C)c(F)c2)o1. The molecule has 88 valence electrons. The molecule has 3 heteroatoms. The van der Waals surface area contributed by atoms with Crippen LogP contribution in [0.4, 0.5) is 4.39 Å². The monoisotopic (exact) mass is 232 g/mol. The molecule has 0 aliphatic rings. The van der Waals surface area contributed by atoms with Crippen molar-refractivity contribution < 1.29 is 13.6 Å². The highest BCUT2D eigenvalue weighted by Gasteiger charge is 2.14. The van der Waals surface area contributed by atoms with E-state index in [2.05, 4.69) is 0 Å². The summed E-state index contributed by atoms with van der Waals surface area (Å²) >= 11 is 0. The molecule has 0 fully saturated rings. The third kappa shape index (κ3) is 2.28. The van der Waals surface area contributed by atoms with Crippen LogP contribution in [0.25, 0.3) is 0 Å². The lowest BCUT2D eigenvalue weighted by Gasteiger charge is -2.00. The molecule has 2 nitrogen and oxygen atoms in total. The summed E-state index contributed by atoms with van der Waals surface area (Å²) in [6.45, 7) is 3.60. The summed E-state index contributed by atoms with van der Waals surface area (Å²) in [5.74, 6) is 0.341. The molecule has 0 amide bonds. The number of carbonyl (C=O) groups excluding carboxylic acids is 1. The van der Waals surface area contributed by atoms with Gasteiger partial charge in [0, 0.05) is 12.0 Å². The van der Waals surface area contributed by atoms with E-state index in [-0.39, 0.29) is 17.4 Å². The quantitative estimate of drug-likeness (QED) is 0.758. The molecule has 0 bridgehead atoms. The van der Waals surface area contributed by atoms with Gasteiger partial charge in [-0.1, -0.05) is 19.1 Å². The van der Waals surface area contributed by atoms with Gasteiger partial charge in [-0.3, -0.25) is 4.79 Å². The van der Waals surface area contributed by atoms with Gasteiger partial charge in [0.25, 0.3) is 0 Å². The number of halogens is 1. The minimum atomic E-state index is -0.377. The first-order chi connectivity index (χ1) is 8.11. The van der Waals surface area contributed by atoms with Crippen molar-refractivity contribution in [3.63, 3.8) is 0 Å². The second-order valence-corrected chi connectivity index (χ2v) is 3.91. The predicted octanol–water partition coefficient (Wildman–Crippen LogP) is 3.52. The Morgan fingerprint density at radius 1 is 1.29 bits per heavy atom. The number of hydrogen-bond acceptors (Lipinski definition) is 2. The fourth-order valence-electron chi connectivity index (χ4n) is 1.57. The minimum absolute atomic E-state index is 0.255. The largest absolute Gasteiger partial charge is 0.458 e. The average Bonchev–Trinajstić information content (AvgIpc) is 2.80. The van der Waals surface area contributed by atoms with Crippen LogP contribution >= 0.6 is 0 Å². The van der Waals surface area contributed by atoms with Gasteiger partial charge in [-0.2, -0.15) is 0 Å². The van der Waals surface area contributed by atoms with E-state index >= 15 is 0 Å². The first-order valence-electron chi connectivity index (χ1n) is 5.51. The van der Waals surface area contributed by atoms with Crippen LogP contribution in [0.15, 0.2) is 34.7 Å². The molecule has 0 aliphatic heterocycles. The van der Waals surface area contributed by atoms with Gasteiger partial charge < -0.3 is 4.42 Å². The molecule has 0 spiro atoms. The summed E-state index contributed by atoms with van der Waals surface area (Å²) < 4.78 is 18.7. The van der Waals surface area contributed by atoms with Crippen LogP contribution in [0, 0.1) is 12.7 Å². The highest BCUT2D eigenvalue weighted by molar-refractivity contribution is 6.07. The Morgan fingerprint density at radius 2 is 2.06 bits per heavy atom. The van der Waals surface area contributed by atoms with Crippen molar-refractivity contribution >= 4 is 5.78 Å². The van der Waals surface area contributed by atoms with Crippen LogP contribution in [0.2, 0.25) is 0 Å². The lowest BCUT2D eigenvalue weighted by molar-refractivity contribution is 0.101. The van der Waals surface area contributed by atoms with Crippen molar-refractivity contribution in [1.82, 2.24) is 0 Å².